The number of thioether (sulfide) groups is 1. The highest BCUT2D eigenvalue weighted by Crippen LogP contribution is 2.25. The highest BCUT2D eigenvalue weighted by molar-refractivity contribution is 7.99. The molecule has 3 rings (SSSR count). The summed E-state index contributed by atoms with van der Waals surface area (Å²) >= 11 is 7.15. The second-order valence-corrected chi connectivity index (χ2v) is 9.98. The van der Waals surface area contributed by atoms with E-state index in [4.69, 9.17) is 16.8 Å². The fourth-order valence-electron chi connectivity index (χ4n) is 2.77. The summed E-state index contributed by atoms with van der Waals surface area (Å²) in [5, 5.41) is 10.3. The summed E-state index contributed by atoms with van der Waals surface area (Å²) in [5.41, 5.74) is 3.32. The van der Waals surface area contributed by atoms with Crippen LogP contribution in [0, 0.1) is 5.92 Å². The SMILES string of the molecule is O=C(NO)C(CSc1ccccn1)CS(=O)(=O)c1ccc(-c2ccc(Cl)cc2)cc1. The van der Waals surface area contributed by atoms with Gasteiger partial charge in [-0.05, 0) is 47.5 Å². The van der Waals surface area contributed by atoms with Crippen molar-refractivity contribution in [1.29, 1.82) is 0 Å². The van der Waals surface area contributed by atoms with E-state index in [0.717, 1.165) is 11.1 Å². The van der Waals surface area contributed by atoms with Crippen molar-refractivity contribution >= 4 is 39.1 Å². The second kappa shape index (κ2) is 10.1. The van der Waals surface area contributed by atoms with Crippen molar-refractivity contribution in [1.82, 2.24) is 10.5 Å². The normalized spacial score (nSPS) is 12.3. The predicted molar refractivity (Wildman–Crippen MR) is 117 cm³/mol. The van der Waals surface area contributed by atoms with E-state index in [-0.39, 0.29) is 10.6 Å². The molecule has 3 aromatic rings. The Hall–Kier alpha value is -2.39. The van der Waals surface area contributed by atoms with Gasteiger partial charge in [0.25, 0.3) is 0 Å². The number of hydrogen-bond donors (Lipinski definition) is 2. The summed E-state index contributed by atoms with van der Waals surface area (Å²) in [6.07, 6.45) is 1.61. The van der Waals surface area contributed by atoms with Crippen LogP contribution in [0.25, 0.3) is 11.1 Å². The van der Waals surface area contributed by atoms with Crippen LogP contribution in [0.2, 0.25) is 5.02 Å². The molecule has 0 aliphatic rings. The van der Waals surface area contributed by atoms with Crippen molar-refractivity contribution in [2.24, 2.45) is 5.92 Å². The summed E-state index contributed by atoms with van der Waals surface area (Å²) in [6, 6.07) is 19.0. The predicted octanol–water partition coefficient (Wildman–Crippen LogP) is 4.09. The molecule has 0 fully saturated rings. The van der Waals surface area contributed by atoms with E-state index >= 15 is 0 Å². The van der Waals surface area contributed by atoms with E-state index in [9.17, 15) is 13.2 Å². The smallest absolute Gasteiger partial charge is 0.248 e. The molecule has 1 amide bonds. The lowest BCUT2D eigenvalue weighted by Gasteiger charge is -2.15. The van der Waals surface area contributed by atoms with Gasteiger partial charge in [-0.15, -0.1) is 11.8 Å². The number of nitrogens with one attached hydrogen (secondary N) is 1. The van der Waals surface area contributed by atoms with Crippen LogP contribution in [0.15, 0.2) is 82.8 Å². The van der Waals surface area contributed by atoms with Gasteiger partial charge in [-0.1, -0.05) is 41.9 Å². The molecular weight excluding hydrogens is 444 g/mol. The molecule has 0 radical (unpaired) electrons. The highest BCUT2D eigenvalue weighted by Gasteiger charge is 2.27. The number of carbonyl (C=O) groups excluding carboxylic acids is 1. The summed E-state index contributed by atoms with van der Waals surface area (Å²) < 4.78 is 25.7. The van der Waals surface area contributed by atoms with Crippen molar-refractivity contribution in [3.05, 3.63) is 77.9 Å². The van der Waals surface area contributed by atoms with Crippen LogP contribution in [0.5, 0.6) is 0 Å². The lowest BCUT2D eigenvalue weighted by Crippen LogP contribution is -2.34. The number of aromatic nitrogens is 1. The van der Waals surface area contributed by atoms with Gasteiger partial charge in [0.2, 0.25) is 5.91 Å². The zero-order chi connectivity index (χ0) is 21.6. The first kappa shape index (κ1) is 22.3. The number of sulfone groups is 1. The number of hydrogen-bond acceptors (Lipinski definition) is 6. The third-order valence-corrected chi connectivity index (χ3v) is 7.55. The first-order valence-electron chi connectivity index (χ1n) is 8.95. The Kier molecular flexibility index (Phi) is 7.49. The average Bonchev–Trinajstić information content (AvgIpc) is 2.77. The maximum atomic E-state index is 12.9. The number of nitrogens with zero attached hydrogens (tertiary/aromatic N) is 1. The molecule has 6 nitrogen and oxygen atoms in total. The van der Waals surface area contributed by atoms with Gasteiger partial charge in [0, 0.05) is 17.0 Å². The van der Waals surface area contributed by atoms with Crippen molar-refractivity contribution in [2.45, 2.75) is 9.92 Å². The summed E-state index contributed by atoms with van der Waals surface area (Å²) in [4.78, 5) is 16.3. The van der Waals surface area contributed by atoms with Crippen LogP contribution >= 0.6 is 23.4 Å². The Balaban J connectivity index is 1.74. The third-order valence-electron chi connectivity index (χ3n) is 4.36. The fraction of sp³-hybridized carbons (Fsp3) is 0.143. The van der Waals surface area contributed by atoms with Crippen LogP contribution < -0.4 is 5.48 Å². The molecule has 1 aromatic heterocycles. The number of hydroxylamine groups is 1. The van der Waals surface area contributed by atoms with Crippen LogP contribution in [0.4, 0.5) is 0 Å². The van der Waals surface area contributed by atoms with Crippen LogP contribution in [0.3, 0.4) is 0 Å². The third kappa shape index (κ3) is 5.82. The van der Waals surface area contributed by atoms with Crippen molar-refractivity contribution < 1.29 is 18.4 Å². The Labute approximate surface area is 184 Å². The second-order valence-electron chi connectivity index (χ2n) is 6.46. The number of halogens is 1. The minimum Gasteiger partial charge on any atom is -0.289 e. The summed E-state index contributed by atoms with van der Waals surface area (Å²) in [5.74, 6) is -1.96. The molecule has 2 aromatic carbocycles. The molecule has 1 heterocycles. The molecule has 2 N–H and O–H groups in total. The molecule has 1 atom stereocenters. The first-order valence-corrected chi connectivity index (χ1v) is 12.0. The number of rotatable bonds is 8. The summed E-state index contributed by atoms with van der Waals surface area (Å²) in [6.45, 7) is 0. The van der Waals surface area contributed by atoms with E-state index in [1.807, 2.05) is 12.1 Å². The molecule has 156 valence electrons. The molecule has 0 saturated carbocycles. The fourth-order valence-corrected chi connectivity index (χ4v) is 5.54. The van der Waals surface area contributed by atoms with Gasteiger partial charge in [-0.3, -0.25) is 10.0 Å². The summed E-state index contributed by atoms with van der Waals surface area (Å²) in [7, 11) is -3.75. The number of pyridine rings is 1. The Morgan fingerprint density at radius 3 is 2.23 bits per heavy atom. The largest absolute Gasteiger partial charge is 0.289 e. The standard InChI is InChI=1S/C21H19ClN2O4S2/c22-18-8-4-15(5-9-18)16-6-10-19(11-7-16)30(27,28)14-17(21(25)24-26)13-29-20-3-1-2-12-23-20/h1-12,17,26H,13-14H2,(H,24,25). The molecule has 30 heavy (non-hydrogen) atoms. The van der Waals surface area contributed by atoms with Gasteiger partial charge in [-0.25, -0.2) is 18.9 Å². The van der Waals surface area contributed by atoms with E-state index in [1.54, 1.807) is 54.1 Å². The van der Waals surface area contributed by atoms with Gasteiger partial charge >= 0.3 is 0 Å². The van der Waals surface area contributed by atoms with Crippen molar-refractivity contribution in [2.75, 3.05) is 11.5 Å². The topological polar surface area (TPSA) is 96.4 Å². The monoisotopic (exact) mass is 462 g/mol. The van der Waals surface area contributed by atoms with Gasteiger partial charge in [0.15, 0.2) is 9.84 Å². The lowest BCUT2D eigenvalue weighted by molar-refractivity contribution is -0.132. The van der Waals surface area contributed by atoms with Crippen LogP contribution in [0.1, 0.15) is 0 Å². The Morgan fingerprint density at radius 1 is 1.03 bits per heavy atom. The highest BCUT2D eigenvalue weighted by atomic mass is 35.5. The lowest BCUT2D eigenvalue weighted by atomic mass is 10.1. The minimum atomic E-state index is -3.75. The van der Waals surface area contributed by atoms with Crippen LogP contribution in [-0.2, 0) is 14.6 Å². The van der Waals surface area contributed by atoms with Gasteiger partial charge < -0.3 is 0 Å². The molecule has 0 saturated heterocycles. The van der Waals surface area contributed by atoms with Crippen LogP contribution in [-0.4, -0.2) is 36.0 Å². The quantitative estimate of drug-likeness (QED) is 0.297. The number of amides is 1. The average molecular weight is 463 g/mol. The maximum Gasteiger partial charge on any atom is 0.248 e. The zero-order valence-corrected chi connectivity index (χ0v) is 18.1. The molecule has 0 bridgehead atoms. The molecule has 0 spiro atoms. The molecular formula is C21H19ClN2O4S2. The maximum absolute atomic E-state index is 12.9. The van der Waals surface area contributed by atoms with Gasteiger partial charge in [-0.2, -0.15) is 0 Å². The van der Waals surface area contributed by atoms with Crippen molar-refractivity contribution in [3.63, 3.8) is 0 Å². The van der Waals surface area contributed by atoms with Crippen molar-refractivity contribution in [3.8, 4) is 11.1 Å². The molecule has 0 aliphatic heterocycles. The zero-order valence-electron chi connectivity index (χ0n) is 15.7. The molecule has 9 heteroatoms. The Morgan fingerprint density at radius 2 is 1.67 bits per heavy atom. The van der Waals surface area contributed by atoms with E-state index in [2.05, 4.69) is 4.98 Å². The van der Waals surface area contributed by atoms with Gasteiger partial charge in [0.1, 0.15) is 0 Å². The molecule has 1 unspecified atom stereocenters. The van der Waals surface area contributed by atoms with E-state index in [0.29, 0.717) is 10.0 Å². The van der Waals surface area contributed by atoms with E-state index in [1.165, 1.54) is 23.9 Å². The Bertz CT molecular complexity index is 1090. The minimum absolute atomic E-state index is 0.110. The first-order chi connectivity index (χ1) is 14.4. The molecule has 0 aliphatic carbocycles. The number of benzene rings is 2. The number of carbonyl (C=O) groups is 1. The van der Waals surface area contributed by atoms with E-state index < -0.39 is 27.4 Å². The van der Waals surface area contributed by atoms with Gasteiger partial charge in [0.05, 0.1) is 21.6 Å².